The molecule has 0 saturated carbocycles. The van der Waals surface area contributed by atoms with Crippen LogP contribution in [0.3, 0.4) is 0 Å². The van der Waals surface area contributed by atoms with Gasteiger partial charge in [-0.2, -0.15) is 0 Å². The third-order valence-corrected chi connectivity index (χ3v) is 4.86. The standard InChI is InChI=1S/C16H18F2N2S/c1-9(2)19-15(10-6-7-11(17)12(18)8-10)16-20-13-4-3-5-14(13)21-16/h6-9,15,19H,3-5H2,1-2H3. The van der Waals surface area contributed by atoms with Crippen molar-refractivity contribution in [2.45, 2.75) is 45.2 Å². The first kappa shape index (κ1) is 14.6. The summed E-state index contributed by atoms with van der Waals surface area (Å²) in [5.41, 5.74) is 1.89. The number of thiazole rings is 1. The minimum atomic E-state index is -0.816. The number of nitrogens with one attached hydrogen (secondary N) is 1. The maximum atomic E-state index is 13.5. The van der Waals surface area contributed by atoms with Crippen LogP contribution in [0.5, 0.6) is 0 Å². The Bertz CT molecular complexity index is 630. The van der Waals surface area contributed by atoms with E-state index in [-0.39, 0.29) is 12.1 Å². The molecule has 21 heavy (non-hydrogen) atoms. The summed E-state index contributed by atoms with van der Waals surface area (Å²) in [5, 5.41) is 4.35. The first-order valence-corrected chi connectivity index (χ1v) is 8.05. The van der Waals surface area contributed by atoms with Crippen LogP contribution in [0.2, 0.25) is 0 Å². The SMILES string of the molecule is CC(C)NC(c1ccc(F)c(F)c1)c1nc2c(s1)CCC2. The van der Waals surface area contributed by atoms with Crippen LogP contribution in [0.25, 0.3) is 0 Å². The molecule has 1 aromatic carbocycles. The van der Waals surface area contributed by atoms with Crippen molar-refractivity contribution in [2.24, 2.45) is 0 Å². The molecule has 2 nitrogen and oxygen atoms in total. The zero-order valence-corrected chi connectivity index (χ0v) is 12.9. The van der Waals surface area contributed by atoms with Gasteiger partial charge in [-0.15, -0.1) is 11.3 Å². The van der Waals surface area contributed by atoms with Crippen LogP contribution in [0.1, 0.15) is 47.5 Å². The highest BCUT2D eigenvalue weighted by Gasteiger charge is 2.24. The molecule has 0 fully saturated rings. The van der Waals surface area contributed by atoms with Crippen LogP contribution in [0, 0.1) is 11.6 Å². The molecule has 3 rings (SSSR count). The Kier molecular flexibility index (Phi) is 4.04. The van der Waals surface area contributed by atoms with Crippen LogP contribution >= 0.6 is 11.3 Å². The first-order chi connectivity index (χ1) is 10.0. The second kappa shape index (κ2) is 5.81. The molecule has 0 amide bonds. The van der Waals surface area contributed by atoms with Gasteiger partial charge in [0, 0.05) is 10.9 Å². The van der Waals surface area contributed by atoms with E-state index < -0.39 is 11.6 Å². The maximum absolute atomic E-state index is 13.5. The zero-order valence-electron chi connectivity index (χ0n) is 12.1. The van der Waals surface area contributed by atoms with E-state index in [0.717, 1.165) is 23.4 Å². The lowest BCUT2D eigenvalue weighted by Crippen LogP contribution is -2.29. The van der Waals surface area contributed by atoms with E-state index in [0.29, 0.717) is 0 Å². The van der Waals surface area contributed by atoms with Crippen molar-refractivity contribution in [2.75, 3.05) is 0 Å². The lowest BCUT2D eigenvalue weighted by molar-refractivity contribution is 0.495. The molecule has 112 valence electrons. The van der Waals surface area contributed by atoms with Crippen molar-refractivity contribution in [1.29, 1.82) is 0 Å². The first-order valence-electron chi connectivity index (χ1n) is 7.24. The van der Waals surface area contributed by atoms with Gasteiger partial charge in [-0.25, -0.2) is 13.8 Å². The minimum Gasteiger partial charge on any atom is -0.302 e. The van der Waals surface area contributed by atoms with E-state index in [2.05, 4.69) is 5.32 Å². The van der Waals surface area contributed by atoms with E-state index in [1.165, 1.54) is 29.1 Å². The van der Waals surface area contributed by atoms with Crippen molar-refractivity contribution in [3.05, 3.63) is 51.0 Å². The number of hydrogen-bond acceptors (Lipinski definition) is 3. The monoisotopic (exact) mass is 308 g/mol. The summed E-state index contributed by atoms with van der Waals surface area (Å²) in [5.74, 6) is -1.63. The van der Waals surface area contributed by atoms with Gasteiger partial charge < -0.3 is 5.32 Å². The number of hydrogen-bond donors (Lipinski definition) is 1. The number of fused-ring (bicyclic) bond motifs is 1. The van der Waals surface area contributed by atoms with Gasteiger partial charge in [0.15, 0.2) is 11.6 Å². The average Bonchev–Trinajstić information content (AvgIpc) is 3.00. The highest BCUT2D eigenvalue weighted by atomic mass is 32.1. The Morgan fingerprint density at radius 2 is 2.00 bits per heavy atom. The van der Waals surface area contributed by atoms with Gasteiger partial charge in [-0.3, -0.25) is 0 Å². The fourth-order valence-corrected chi connectivity index (χ4v) is 3.91. The van der Waals surface area contributed by atoms with Crippen molar-refractivity contribution in [3.8, 4) is 0 Å². The molecule has 0 saturated heterocycles. The number of aryl methyl sites for hydroxylation is 2. The van der Waals surface area contributed by atoms with Crippen LogP contribution in [0.15, 0.2) is 18.2 Å². The Balaban J connectivity index is 1.98. The third kappa shape index (κ3) is 2.99. The third-order valence-electron chi connectivity index (χ3n) is 3.64. The Morgan fingerprint density at radius 1 is 1.19 bits per heavy atom. The molecule has 1 aromatic heterocycles. The van der Waals surface area contributed by atoms with E-state index in [4.69, 9.17) is 4.98 Å². The van der Waals surface area contributed by atoms with Gasteiger partial charge in [0.05, 0.1) is 11.7 Å². The maximum Gasteiger partial charge on any atom is 0.159 e. The minimum absolute atomic E-state index is 0.185. The van der Waals surface area contributed by atoms with Gasteiger partial charge in [0.25, 0.3) is 0 Å². The number of halogens is 2. The molecular weight excluding hydrogens is 290 g/mol. The molecule has 5 heteroatoms. The lowest BCUT2D eigenvalue weighted by atomic mass is 10.1. The average molecular weight is 308 g/mol. The number of aromatic nitrogens is 1. The summed E-state index contributed by atoms with van der Waals surface area (Å²) in [7, 11) is 0. The predicted molar refractivity (Wildman–Crippen MR) is 80.6 cm³/mol. The highest BCUT2D eigenvalue weighted by Crippen LogP contribution is 2.33. The largest absolute Gasteiger partial charge is 0.302 e. The Morgan fingerprint density at radius 3 is 2.67 bits per heavy atom. The summed E-state index contributed by atoms with van der Waals surface area (Å²) in [6.45, 7) is 4.07. The topological polar surface area (TPSA) is 24.9 Å². The fourth-order valence-electron chi connectivity index (χ4n) is 2.67. The van der Waals surface area contributed by atoms with Gasteiger partial charge in [0.1, 0.15) is 5.01 Å². The molecule has 0 bridgehead atoms. The summed E-state index contributed by atoms with van der Waals surface area (Å²) >= 11 is 1.69. The highest BCUT2D eigenvalue weighted by molar-refractivity contribution is 7.11. The predicted octanol–water partition coefficient (Wildman–Crippen LogP) is 4.00. The molecule has 1 unspecified atom stereocenters. The summed E-state index contributed by atoms with van der Waals surface area (Å²) in [4.78, 5) is 6.05. The molecular formula is C16H18F2N2S. The van der Waals surface area contributed by atoms with E-state index in [9.17, 15) is 8.78 Å². The number of benzene rings is 1. The summed E-state index contributed by atoms with van der Waals surface area (Å²) < 4.78 is 26.7. The zero-order chi connectivity index (χ0) is 15.0. The van der Waals surface area contributed by atoms with Crippen LogP contribution in [0.4, 0.5) is 8.78 Å². The lowest BCUT2D eigenvalue weighted by Gasteiger charge is -2.20. The fraction of sp³-hybridized carbons (Fsp3) is 0.438. The van der Waals surface area contributed by atoms with Gasteiger partial charge in [-0.05, 0) is 50.8 Å². The molecule has 1 heterocycles. The van der Waals surface area contributed by atoms with Crippen LogP contribution in [-0.4, -0.2) is 11.0 Å². The molecule has 1 aliphatic rings. The Labute approximate surface area is 127 Å². The number of nitrogens with zero attached hydrogens (tertiary/aromatic N) is 1. The van der Waals surface area contributed by atoms with Crippen molar-refractivity contribution >= 4 is 11.3 Å². The molecule has 0 aliphatic heterocycles. The molecule has 1 atom stereocenters. The second-order valence-electron chi connectivity index (χ2n) is 5.70. The van der Waals surface area contributed by atoms with Gasteiger partial charge >= 0.3 is 0 Å². The molecule has 0 radical (unpaired) electrons. The molecule has 2 aromatic rings. The van der Waals surface area contributed by atoms with Crippen LogP contribution in [-0.2, 0) is 12.8 Å². The molecule has 1 aliphatic carbocycles. The molecule has 1 N–H and O–H groups in total. The Hall–Kier alpha value is -1.33. The smallest absolute Gasteiger partial charge is 0.159 e. The van der Waals surface area contributed by atoms with Crippen LogP contribution < -0.4 is 5.32 Å². The second-order valence-corrected chi connectivity index (χ2v) is 6.82. The van der Waals surface area contributed by atoms with Crippen molar-refractivity contribution < 1.29 is 8.78 Å². The van der Waals surface area contributed by atoms with E-state index in [1.807, 2.05) is 13.8 Å². The summed E-state index contributed by atoms with van der Waals surface area (Å²) in [6.07, 6.45) is 3.28. The van der Waals surface area contributed by atoms with Crippen molar-refractivity contribution in [1.82, 2.24) is 10.3 Å². The van der Waals surface area contributed by atoms with Crippen molar-refractivity contribution in [3.63, 3.8) is 0 Å². The van der Waals surface area contributed by atoms with Gasteiger partial charge in [0.2, 0.25) is 0 Å². The normalized spacial score (nSPS) is 15.5. The van der Waals surface area contributed by atoms with E-state index in [1.54, 1.807) is 17.4 Å². The number of rotatable bonds is 4. The van der Waals surface area contributed by atoms with E-state index >= 15 is 0 Å². The van der Waals surface area contributed by atoms with Gasteiger partial charge in [-0.1, -0.05) is 6.07 Å². The quantitative estimate of drug-likeness (QED) is 0.923. The summed E-state index contributed by atoms with van der Waals surface area (Å²) in [6, 6.07) is 4.12. The molecule has 0 spiro atoms.